The first-order valence-electron chi connectivity index (χ1n) is 7.49. The lowest BCUT2D eigenvalue weighted by Gasteiger charge is -2.38. The number of benzene rings is 1. The number of rotatable bonds is 4. The highest BCUT2D eigenvalue weighted by molar-refractivity contribution is 5.92. The van der Waals surface area contributed by atoms with Gasteiger partial charge in [0.2, 0.25) is 5.91 Å². The van der Waals surface area contributed by atoms with Gasteiger partial charge in [-0.15, -0.1) is 0 Å². The Labute approximate surface area is 126 Å². The lowest BCUT2D eigenvalue weighted by molar-refractivity contribution is -0.130. The zero-order valence-corrected chi connectivity index (χ0v) is 12.8. The molecule has 4 nitrogen and oxygen atoms in total. The molecule has 114 valence electrons. The highest BCUT2D eigenvalue weighted by Crippen LogP contribution is 2.23. The second kappa shape index (κ2) is 7.27. The van der Waals surface area contributed by atoms with E-state index in [1.807, 2.05) is 35.2 Å². The average Bonchev–Trinajstić information content (AvgIpc) is 2.52. The van der Waals surface area contributed by atoms with Gasteiger partial charge in [0.05, 0.1) is 7.11 Å². The molecule has 1 aliphatic heterocycles. The van der Waals surface area contributed by atoms with E-state index in [1.165, 1.54) is 0 Å². The minimum Gasteiger partial charge on any atom is -0.496 e. The molecule has 4 heteroatoms. The van der Waals surface area contributed by atoms with E-state index >= 15 is 0 Å². The third-order valence-electron chi connectivity index (χ3n) is 4.18. The number of nitrogens with zero attached hydrogens (tertiary/aromatic N) is 1. The van der Waals surface area contributed by atoms with E-state index in [1.54, 1.807) is 13.2 Å². The summed E-state index contributed by atoms with van der Waals surface area (Å²) in [7, 11) is 1.63. The number of ether oxygens (including phenoxy) is 1. The summed E-state index contributed by atoms with van der Waals surface area (Å²) < 4.78 is 5.29. The first kappa shape index (κ1) is 15.6. The van der Waals surface area contributed by atoms with Crippen molar-refractivity contribution in [3.63, 3.8) is 0 Å². The Morgan fingerprint density at radius 2 is 2.24 bits per heavy atom. The molecule has 1 aliphatic rings. The molecular formula is C17H24N2O2. The molecule has 0 radical (unpaired) electrons. The Hall–Kier alpha value is -1.81. The number of methoxy groups -OCH3 is 1. The molecular weight excluding hydrogens is 264 g/mol. The molecule has 2 unspecified atom stereocenters. The van der Waals surface area contributed by atoms with Crippen molar-refractivity contribution in [2.45, 2.75) is 25.8 Å². The lowest BCUT2D eigenvalue weighted by atomic mass is 9.90. The standard InChI is InChI=1S/C17H24N2O2/c1-13-6-5-11-19(15(13)12-18)17(20)10-9-14-7-3-4-8-16(14)21-2/h3-4,7-10,13,15H,5-6,11-12,18H2,1-2H3/b10-9+. The molecule has 1 heterocycles. The van der Waals surface area contributed by atoms with Crippen LogP contribution in [0.4, 0.5) is 0 Å². The van der Waals surface area contributed by atoms with Crippen LogP contribution in [0.1, 0.15) is 25.3 Å². The van der Waals surface area contributed by atoms with Gasteiger partial charge in [0.25, 0.3) is 0 Å². The molecule has 0 spiro atoms. The fourth-order valence-electron chi connectivity index (χ4n) is 2.94. The number of amides is 1. The maximum Gasteiger partial charge on any atom is 0.246 e. The molecule has 1 fully saturated rings. The smallest absolute Gasteiger partial charge is 0.246 e. The molecule has 2 atom stereocenters. The van der Waals surface area contributed by atoms with E-state index in [2.05, 4.69) is 6.92 Å². The number of hydrogen-bond donors (Lipinski definition) is 1. The third kappa shape index (κ3) is 3.64. The number of likely N-dealkylation sites (tertiary alicyclic amines) is 1. The average molecular weight is 288 g/mol. The number of piperidine rings is 1. The van der Waals surface area contributed by atoms with Crippen molar-refractivity contribution in [2.75, 3.05) is 20.2 Å². The van der Waals surface area contributed by atoms with Crippen LogP contribution in [-0.4, -0.2) is 37.0 Å². The summed E-state index contributed by atoms with van der Waals surface area (Å²) in [5.74, 6) is 1.26. The summed E-state index contributed by atoms with van der Waals surface area (Å²) in [5, 5.41) is 0. The predicted octanol–water partition coefficient (Wildman–Crippen LogP) is 2.29. The molecule has 0 aromatic heterocycles. The second-order valence-electron chi connectivity index (χ2n) is 5.53. The van der Waals surface area contributed by atoms with Gasteiger partial charge in [0, 0.05) is 30.8 Å². The van der Waals surface area contributed by atoms with E-state index < -0.39 is 0 Å². The molecule has 0 bridgehead atoms. The van der Waals surface area contributed by atoms with Gasteiger partial charge in [-0.2, -0.15) is 0 Å². The topological polar surface area (TPSA) is 55.6 Å². The first-order chi connectivity index (χ1) is 10.2. The van der Waals surface area contributed by atoms with Gasteiger partial charge in [-0.25, -0.2) is 0 Å². The summed E-state index contributed by atoms with van der Waals surface area (Å²) in [4.78, 5) is 14.3. The maximum absolute atomic E-state index is 12.4. The zero-order valence-electron chi connectivity index (χ0n) is 12.8. The van der Waals surface area contributed by atoms with Gasteiger partial charge < -0.3 is 15.4 Å². The van der Waals surface area contributed by atoms with Crippen molar-refractivity contribution in [3.05, 3.63) is 35.9 Å². The predicted molar refractivity (Wildman–Crippen MR) is 85.0 cm³/mol. The first-order valence-corrected chi connectivity index (χ1v) is 7.49. The van der Waals surface area contributed by atoms with Crippen molar-refractivity contribution < 1.29 is 9.53 Å². The molecule has 1 amide bonds. The highest BCUT2D eigenvalue weighted by atomic mass is 16.5. The largest absolute Gasteiger partial charge is 0.496 e. The number of hydrogen-bond acceptors (Lipinski definition) is 3. The van der Waals surface area contributed by atoms with Crippen LogP contribution in [-0.2, 0) is 4.79 Å². The van der Waals surface area contributed by atoms with Crippen LogP contribution in [0.2, 0.25) is 0 Å². The quantitative estimate of drug-likeness (QED) is 0.865. The van der Waals surface area contributed by atoms with E-state index in [-0.39, 0.29) is 11.9 Å². The van der Waals surface area contributed by atoms with Crippen molar-refractivity contribution in [3.8, 4) is 5.75 Å². The molecule has 21 heavy (non-hydrogen) atoms. The van der Waals surface area contributed by atoms with E-state index in [9.17, 15) is 4.79 Å². The Morgan fingerprint density at radius 3 is 2.95 bits per heavy atom. The van der Waals surface area contributed by atoms with Gasteiger partial charge in [0.15, 0.2) is 0 Å². The van der Waals surface area contributed by atoms with Crippen molar-refractivity contribution in [2.24, 2.45) is 11.7 Å². The third-order valence-corrected chi connectivity index (χ3v) is 4.18. The number of carbonyl (C=O) groups is 1. The van der Waals surface area contributed by atoms with Crippen LogP contribution in [0.25, 0.3) is 6.08 Å². The summed E-state index contributed by atoms with van der Waals surface area (Å²) in [6.07, 6.45) is 5.63. The maximum atomic E-state index is 12.4. The molecule has 1 saturated heterocycles. The molecule has 1 aromatic carbocycles. The zero-order chi connectivity index (χ0) is 15.2. The van der Waals surface area contributed by atoms with Crippen molar-refractivity contribution in [1.82, 2.24) is 4.90 Å². The summed E-state index contributed by atoms with van der Waals surface area (Å²) >= 11 is 0. The van der Waals surface area contributed by atoms with Gasteiger partial charge >= 0.3 is 0 Å². The molecule has 1 aromatic rings. The van der Waals surface area contributed by atoms with Crippen LogP contribution < -0.4 is 10.5 Å². The normalized spacial score (nSPS) is 22.5. The van der Waals surface area contributed by atoms with Gasteiger partial charge in [-0.3, -0.25) is 4.79 Å². The summed E-state index contributed by atoms with van der Waals surface area (Å²) in [6.45, 7) is 3.48. The van der Waals surface area contributed by atoms with Crippen LogP contribution in [0.3, 0.4) is 0 Å². The van der Waals surface area contributed by atoms with Crippen LogP contribution in [0.15, 0.2) is 30.3 Å². The molecule has 0 saturated carbocycles. The van der Waals surface area contributed by atoms with E-state index in [0.717, 1.165) is 30.7 Å². The number of nitrogens with two attached hydrogens (primary N) is 1. The van der Waals surface area contributed by atoms with Crippen LogP contribution >= 0.6 is 0 Å². The minimum atomic E-state index is 0.0305. The van der Waals surface area contributed by atoms with Crippen molar-refractivity contribution in [1.29, 1.82) is 0 Å². The molecule has 0 aliphatic carbocycles. The summed E-state index contributed by atoms with van der Waals surface area (Å²) in [6, 6.07) is 7.80. The Kier molecular flexibility index (Phi) is 5.39. The number of para-hydroxylation sites is 1. The Balaban J connectivity index is 2.11. The SMILES string of the molecule is COc1ccccc1/C=C/C(=O)N1CCCC(C)C1CN. The van der Waals surface area contributed by atoms with E-state index in [4.69, 9.17) is 10.5 Å². The van der Waals surface area contributed by atoms with Gasteiger partial charge in [0.1, 0.15) is 5.75 Å². The Bertz CT molecular complexity index is 513. The molecule has 2 N–H and O–H groups in total. The fourth-order valence-corrected chi connectivity index (χ4v) is 2.94. The monoisotopic (exact) mass is 288 g/mol. The van der Waals surface area contributed by atoms with Crippen LogP contribution in [0.5, 0.6) is 5.75 Å². The lowest BCUT2D eigenvalue weighted by Crippen LogP contribution is -2.50. The van der Waals surface area contributed by atoms with Gasteiger partial charge in [-0.1, -0.05) is 25.1 Å². The van der Waals surface area contributed by atoms with Gasteiger partial charge in [-0.05, 0) is 30.9 Å². The fraction of sp³-hybridized carbons (Fsp3) is 0.471. The number of carbonyl (C=O) groups excluding carboxylic acids is 1. The Morgan fingerprint density at radius 1 is 1.48 bits per heavy atom. The minimum absolute atomic E-state index is 0.0305. The second-order valence-corrected chi connectivity index (χ2v) is 5.53. The summed E-state index contributed by atoms with van der Waals surface area (Å²) in [5.41, 5.74) is 6.74. The van der Waals surface area contributed by atoms with Crippen molar-refractivity contribution >= 4 is 12.0 Å². The molecule has 2 rings (SSSR count). The highest BCUT2D eigenvalue weighted by Gasteiger charge is 2.29. The van der Waals surface area contributed by atoms with E-state index in [0.29, 0.717) is 12.5 Å². The van der Waals surface area contributed by atoms with Crippen LogP contribution in [0, 0.1) is 5.92 Å².